The maximum atomic E-state index is 13.4. The van der Waals surface area contributed by atoms with Gasteiger partial charge in [-0.2, -0.15) is 0 Å². The number of nitrogens with zero attached hydrogens (tertiary/aromatic N) is 2. The summed E-state index contributed by atoms with van der Waals surface area (Å²) < 4.78 is 15.3. The Bertz CT molecular complexity index is 1160. The van der Waals surface area contributed by atoms with Gasteiger partial charge in [0, 0.05) is 30.9 Å². The zero-order chi connectivity index (χ0) is 23.8. The molecular formula is C24H23FN4O4. The van der Waals surface area contributed by atoms with E-state index >= 15 is 0 Å². The third-order valence-electron chi connectivity index (χ3n) is 4.90. The number of halogens is 1. The van der Waals surface area contributed by atoms with E-state index in [1.54, 1.807) is 55.1 Å². The van der Waals surface area contributed by atoms with Crippen LogP contribution >= 0.6 is 0 Å². The molecule has 0 saturated carbocycles. The molecule has 2 aromatic carbocycles. The molecule has 1 atom stereocenters. The van der Waals surface area contributed by atoms with Gasteiger partial charge in [0.1, 0.15) is 11.9 Å². The van der Waals surface area contributed by atoms with Crippen LogP contribution in [0.1, 0.15) is 34.3 Å². The molecule has 0 saturated heterocycles. The lowest BCUT2D eigenvalue weighted by Gasteiger charge is -2.14. The van der Waals surface area contributed by atoms with Crippen LogP contribution in [0, 0.1) is 5.82 Å². The highest BCUT2D eigenvalue weighted by atomic mass is 19.1. The standard InChI is InChI=1S/C24H23FN4O4/c25-20-6-4-17(5-7-20)19(14-29-11-10-27-15-29)13-16-2-1-3-18(12-16)23(31)28-21(24(32)33)8-9-22(26)30/h1-7,10-13,15,21H,8-9,14H2,(H2,26,30)(H,28,31)(H,32,33)/b19-13-/t21-/m0/s1. The topological polar surface area (TPSA) is 127 Å². The van der Waals surface area contributed by atoms with E-state index in [4.69, 9.17) is 5.73 Å². The summed E-state index contributed by atoms with van der Waals surface area (Å²) in [4.78, 5) is 39.1. The van der Waals surface area contributed by atoms with Crippen molar-refractivity contribution in [3.63, 3.8) is 0 Å². The number of hydrogen-bond acceptors (Lipinski definition) is 4. The number of aromatic nitrogens is 2. The van der Waals surface area contributed by atoms with E-state index < -0.39 is 23.8 Å². The molecule has 8 nitrogen and oxygen atoms in total. The van der Waals surface area contributed by atoms with E-state index in [2.05, 4.69) is 10.3 Å². The number of carbonyl (C=O) groups excluding carboxylic acids is 2. The van der Waals surface area contributed by atoms with Crippen LogP contribution in [0.4, 0.5) is 4.39 Å². The Morgan fingerprint density at radius 3 is 2.55 bits per heavy atom. The quantitative estimate of drug-likeness (QED) is 0.409. The number of nitrogens with one attached hydrogen (secondary N) is 1. The van der Waals surface area contributed by atoms with Crippen molar-refractivity contribution in [3.8, 4) is 0 Å². The van der Waals surface area contributed by atoms with Crippen LogP contribution in [0.25, 0.3) is 11.6 Å². The normalized spacial score (nSPS) is 12.2. The zero-order valence-electron chi connectivity index (χ0n) is 17.6. The highest BCUT2D eigenvalue weighted by molar-refractivity contribution is 5.97. The number of aliphatic carboxylic acids is 1. The molecule has 0 aliphatic rings. The van der Waals surface area contributed by atoms with Gasteiger partial charge >= 0.3 is 5.97 Å². The van der Waals surface area contributed by atoms with Crippen molar-refractivity contribution in [1.82, 2.24) is 14.9 Å². The van der Waals surface area contributed by atoms with Crippen LogP contribution in [-0.2, 0) is 16.1 Å². The average Bonchev–Trinajstić information content (AvgIpc) is 3.29. The van der Waals surface area contributed by atoms with E-state index in [1.807, 2.05) is 10.6 Å². The summed E-state index contributed by atoms with van der Waals surface area (Å²) in [5, 5.41) is 11.7. The molecule has 0 unspecified atom stereocenters. The minimum absolute atomic E-state index is 0.102. The zero-order valence-corrected chi connectivity index (χ0v) is 17.6. The van der Waals surface area contributed by atoms with Crippen molar-refractivity contribution in [1.29, 1.82) is 0 Å². The Kier molecular flexibility index (Phi) is 7.69. The Hall–Kier alpha value is -4.27. The van der Waals surface area contributed by atoms with Crippen molar-refractivity contribution in [2.75, 3.05) is 0 Å². The molecule has 3 rings (SSSR count). The van der Waals surface area contributed by atoms with Gasteiger partial charge in [-0.1, -0.05) is 24.3 Å². The van der Waals surface area contributed by atoms with Crippen molar-refractivity contribution in [2.45, 2.75) is 25.4 Å². The molecule has 3 aromatic rings. The summed E-state index contributed by atoms with van der Waals surface area (Å²) in [6.07, 6.45) is 6.74. The lowest BCUT2D eigenvalue weighted by Crippen LogP contribution is -2.41. The van der Waals surface area contributed by atoms with Crippen LogP contribution in [0.15, 0.2) is 67.3 Å². The predicted octanol–water partition coefficient (Wildman–Crippen LogP) is 2.71. The van der Waals surface area contributed by atoms with Gasteiger partial charge in [-0.3, -0.25) is 9.59 Å². The number of allylic oxidation sites excluding steroid dienone is 1. The fourth-order valence-corrected chi connectivity index (χ4v) is 3.22. The number of carboxylic acid groups (broad SMARTS) is 1. The summed E-state index contributed by atoms with van der Waals surface area (Å²) in [7, 11) is 0. The van der Waals surface area contributed by atoms with Crippen LogP contribution < -0.4 is 11.1 Å². The molecule has 0 fully saturated rings. The number of imidazole rings is 1. The molecule has 0 spiro atoms. The highest BCUT2D eigenvalue weighted by Gasteiger charge is 2.21. The molecule has 0 bridgehead atoms. The Morgan fingerprint density at radius 2 is 1.91 bits per heavy atom. The van der Waals surface area contributed by atoms with Gasteiger partial charge in [0.05, 0.1) is 6.33 Å². The van der Waals surface area contributed by atoms with Gasteiger partial charge in [-0.15, -0.1) is 0 Å². The van der Waals surface area contributed by atoms with Crippen molar-refractivity contribution >= 4 is 29.4 Å². The van der Waals surface area contributed by atoms with Gasteiger partial charge in [-0.05, 0) is 53.5 Å². The number of amides is 2. The smallest absolute Gasteiger partial charge is 0.326 e. The lowest BCUT2D eigenvalue weighted by molar-refractivity contribution is -0.139. The molecular weight excluding hydrogens is 427 g/mol. The molecule has 1 aromatic heterocycles. The summed E-state index contributed by atoms with van der Waals surface area (Å²) in [6, 6.07) is 11.5. The second-order valence-electron chi connectivity index (χ2n) is 7.41. The lowest BCUT2D eigenvalue weighted by atomic mass is 10.0. The molecule has 0 aliphatic carbocycles. The number of benzene rings is 2. The first kappa shape index (κ1) is 23.4. The first-order chi connectivity index (χ1) is 15.8. The van der Waals surface area contributed by atoms with Crippen molar-refractivity contribution < 1.29 is 23.9 Å². The molecule has 170 valence electrons. The van der Waals surface area contributed by atoms with Gasteiger partial charge in [0.2, 0.25) is 5.91 Å². The number of primary amides is 1. The van der Waals surface area contributed by atoms with Gasteiger partial charge < -0.3 is 20.7 Å². The van der Waals surface area contributed by atoms with Crippen molar-refractivity contribution in [3.05, 3.63) is 89.8 Å². The third kappa shape index (κ3) is 6.86. The van der Waals surface area contributed by atoms with E-state index in [0.29, 0.717) is 12.1 Å². The summed E-state index contributed by atoms with van der Waals surface area (Å²) in [5.74, 6) is -2.82. The summed E-state index contributed by atoms with van der Waals surface area (Å²) >= 11 is 0. The minimum atomic E-state index is -1.25. The second-order valence-corrected chi connectivity index (χ2v) is 7.41. The van der Waals surface area contributed by atoms with Crippen molar-refractivity contribution in [2.24, 2.45) is 5.73 Å². The van der Waals surface area contributed by atoms with Gasteiger partial charge in [0.15, 0.2) is 0 Å². The summed E-state index contributed by atoms with van der Waals surface area (Å²) in [5.41, 5.74) is 7.70. The first-order valence-electron chi connectivity index (χ1n) is 10.2. The molecule has 33 heavy (non-hydrogen) atoms. The maximum Gasteiger partial charge on any atom is 0.326 e. The third-order valence-corrected chi connectivity index (χ3v) is 4.90. The Morgan fingerprint density at radius 1 is 1.15 bits per heavy atom. The minimum Gasteiger partial charge on any atom is -0.480 e. The fourth-order valence-electron chi connectivity index (χ4n) is 3.22. The SMILES string of the molecule is NC(=O)CC[C@H](NC(=O)c1cccc(/C=C(/Cn2ccnc2)c2ccc(F)cc2)c1)C(=O)O. The Balaban J connectivity index is 1.85. The largest absolute Gasteiger partial charge is 0.480 e. The van der Waals surface area contributed by atoms with E-state index in [0.717, 1.165) is 11.1 Å². The maximum absolute atomic E-state index is 13.4. The molecule has 0 radical (unpaired) electrons. The summed E-state index contributed by atoms with van der Waals surface area (Å²) in [6.45, 7) is 0.469. The number of nitrogens with two attached hydrogens (primary N) is 1. The molecule has 0 aliphatic heterocycles. The second kappa shape index (κ2) is 10.9. The predicted molar refractivity (Wildman–Crippen MR) is 120 cm³/mol. The van der Waals surface area contributed by atoms with Crippen LogP contribution in [-0.4, -0.2) is 38.5 Å². The number of rotatable bonds is 10. The van der Waals surface area contributed by atoms with E-state index in [1.165, 1.54) is 12.1 Å². The number of hydrogen-bond donors (Lipinski definition) is 3. The molecule has 2 amide bonds. The van der Waals surface area contributed by atoms with E-state index in [-0.39, 0.29) is 24.2 Å². The van der Waals surface area contributed by atoms with Gasteiger partial charge in [-0.25, -0.2) is 14.2 Å². The fraction of sp³-hybridized carbons (Fsp3) is 0.167. The monoisotopic (exact) mass is 450 g/mol. The van der Waals surface area contributed by atoms with Gasteiger partial charge in [0.25, 0.3) is 5.91 Å². The molecule has 1 heterocycles. The Labute approximate surface area is 189 Å². The molecule has 9 heteroatoms. The van der Waals surface area contributed by atoms with Crippen LogP contribution in [0.5, 0.6) is 0 Å². The van der Waals surface area contributed by atoms with Crippen LogP contribution in [0.2, 0.25) is 0 Å². The number of carboxylic acids is 1. The average molecular weight is 450 g/mol. The van der Waals surface area contributed by atoms with Crippen LogP contribution in [0.3, 0.4) is 0 Å². The van der Waals surface area contributed by atoms with E-state index in [9.17, 15) is 23.9 Å². The highest BCUT2D eigenvalue weighted by Crippen LogP contribution is 2.21. The number of carbonyl (C=O) groups is 3. The molecule has 4 N–H and O–H groups in total. The first-order valence-corrected chi connectivity index (χ1v) is 10.2.